The first-order valence-electron chi connectivity index (χ1n) is 7.12. The van der Waals surface area contributed by atoms with Crippen molar-refractivity contribution in [3.05, 3.63) is 0 Å². The van der Waals surface area contributed by atoms with Gasteiger partial charge in [-0.05, 0) is 47.0 Å². The molecule has 1 aliphatic rings. The SMILES string of the molecule is CCOC(C)(C)CNC(C)C(=O)N1CCCCC1. The van der Waals surface area contributed by atoms with E-state index in [2.05, 4.69) is 5.32 Å². The van der Waals surface area contributed by atoms with E-state index in [1.807, 2.05) is 32.6 Å². The highest BCUT2D eigenvalue weighted by atomic mass is 16.5. The van der Waals surface area contributed by atoms with Gasteiger partial charge < -0.3 is 15.0 Å². The Hall–Kier alpha value is -0.610. The molecule has 1 N–H and O–H groups in total. The molecule has 1 heterocycles. The molecule has 0 saturated carbocycles. The molecular formula is C14H28N2O2. The molecule has 106 valence electrons. The number of hydrogen-bond acceptors (Lipinski definition) is 3. The lowest BCUT2D eigenvalue weighted by atomic mass is 10.1. The van der Waals surface area contributed by atoms with Crippen molar-refractivity contribution in [3.8, 4) is 0 Å². The number of nitrogens with one attached hydrogen (secondary N) is 1. The van der Waals surface area contributed by atoms with Gasteiger partial charge in [0.2, 0.25) is 5.91 Å². The van der Waals surface area contributed by atoms with E-state index in [4.69, 9.17) is 4.74 Å². The number of nitrogens with zero attached hydrogens (tertiary/aromatic N) is 1. The Kier molecular flexibility index (Phi) is 6.09. The van der Waals surface area contributed by atoms with E-state index in [9.17, 15) is 4.79 Å². The molecule has 1 amide bonds. The maximum atomic E-state index is 12.2. The van der Waals surface area contributed by atoms with Crippen LogP contribution >= 0.6 is 0 Å². The maximum Gasteiger partial charge on any atom is 0.239 e. The van der Waals surface area contributed by atoms with E-state index in [1.54, 1.807) is 0 Å². The van der Waals surface area contributed by atoms with Gasteiger partial charge in [0, 0.05) is 26.2 Å². The van der Waals surface area contributed by atoms with Gasteiger partial charge >= 0.3 is 0 Å². The second-order valence-corrected chi connectivity index (χ2v) is 5.68. The third kappa shape index (κ3) is 4.94. The molecule has 0 aromatic heterocycles. The van der Waals surface area contributed by atoms with E-state index in [-0.39, 0.29) is 17.6 Å². The minimum atomic E-state index is -0.217. The Morgan fingerprint density at radius 3 is 2.50 bits per heavy atom. The monoisotopic (exact) mass is 256 g/mol. The summed E-state index contributed by atoms with van der Waals surface area (Å²) in [6.07, 6.45) is 3.54. The summed E-state index contributed by atoms with van der Waals surface area (Å²) in [7, 11) is 0. The number of likely N-dealkylation sites (tertiary alicyclic amines) is 1. The molecule has 1 atom stereocenters. The van der Waals surface area contributed by atoms with Crippen LogP contribution in [0.5, 0.6) is 0 Å². The topological polar surface area (TPSA) is 41.6 Å². The highest BCUT2D eigenvalue weighted by molar-refractivity contribution is 5.81. The molecular weight excluding hydrogens is 228 g/mol. The van der Waals surface area contributed by atoms with Gasteiger partial charge in [0.05, 0.1) is 11.6 Å². The average Bonchev–Trinajstić information content (AvgIpc) is 2.36. The maximum absolute atomic E-state index is 12.2. The van der Waals surface area contributed by atoms with E-state index < -0.39 is 0 Å². The predicted octanol–water partition coefficient (Wildman–Crippen LogP) is 1.79. The molecule has 0 aromatic carbocycles. The van der Waals surface area contributed by atoms with Crippen LogP contribution in [0.3, 0.4) is 0 Å². The van der Waals surface area contributed by atoms with Crippen LogP contribution < -0.4 is 5.32 Å². The molecule has 1 unspecified atom stereocenters. The Morgan fingerprint density at radius 2 is 1.94 bits per heavy atom. The zero-order valence-corrected chi connectivity index (χ0v) is 12.3. The third-order valence-corrected chi connectivity index (χ3v) is 3.41. The normalized spacial score (nSPS) is 18.8. The molecule has 18 heavy (non-hydrogen) atoms. The minimum Gasteiger partial charge on any atom is -0.375 e. The number of amides is 1. The van der Waals surface area contributed by atoms with Gasteiger partial charge in [0.25, 0.3) is 0 Å². The van der Waals surface area contributed by atoms with Crippen molar-refractivity contribution < 1.29 is 9.53 Å². The fourth-order valence-electron chi connectivity index (χ4n) is 2.32. The molecule has 0 radical (unpaired) electrons. The van der Waals surface area contributed by atoms with Crippen molar-refractivity contribution in [3.63, 3.8) is 0 Å². The minimum absolute atomic E-state index is 0.122. The molecule has 1 aliphatic heterocycles. The van der Waals surface area contributed by atoms with Crippen LogP contribution in [0.15, 0.2) is 0 Å². The Labute approximate surface area is 111 Å². The van der Waals surface area contributed by atoms with Crippen LogP contribution in [0.2, 0.25) is 0 Å². The van der Waals surface area contributed by atoms with E-state index >= 15 is 0 Å². The van der Waals surface area contributed by atoms with Crippen molar-refractivity contribution in [2.45, 2.75) is 58.6 Å². The number of ether oxygens (including phenoxy) is 1. The summed E-state index contributed by atoms with van der Waals surface area (Å²) < 4.78 is 5.62. The molecule has 0 aliphatic carbocycles. The van der Waals surface area contributed by atoms with Crippen LogP contribution in [0.25, 0.3) is 0 Å². The number of hydrogen-bond donors (Lipinski definition) is 1. The van der Waals surface area contributed by atoms with Crippen molar-refractivity contribution in [1.82, 2.24) is 10.2 Å². The third-order valence-electron chi connectivity index (χ3n) is 3.41. The lowest BCUT2D eigenvalue weighted by Crippen LogP contribution is -2.50. The van der Waals surface area contributed by atoms with Crippen molar-refractivity contribution in [1.29, 1.82) is 0 Å². The first-order valence-corrected chi connectivity index (χ1v) is 7.12. The molecule has 4 nitrogen and oxygen atoms in total. The van der Waals surface area contributed by atoms with Crippen molar-refractivity contribution in [2.24, 2.45) is 0 Å². The fraction of sp³-hybridized carbons (Fsp3) is 0.929. The summed E-state index contributed by atoms with van der Waals surface area (Å²) in [4.78, 5) is 14.2. The number of rotatable bonds is 6. The van der Waals surface area contributed by atoms with Crippen LogP contribution in [0.4, 0.5) is 0 Å². The lowest BCUT2D eigenvalue weighted by molar-refractivity contribution is -0.134. The molecule has 1 rings (SSSR count). The van der Waals surface area contributed by atoms with Crippen LogP contribution in [-0.4, -0.2) is 48.7 Å². The van der Waals surface area contributed by atoms with Gasteiger partial charge in [0.1, 0.15) is 0 Å². The summed E-state index contributed by atoms with van der Waals surface area (Å²) >= 11 is 0. The summed E-state index contributed by atoms with van der Waals surface area (Å²) in [5, 5.41) is 3.29. The first-order chi connectivity index (χ1) is 8.46. The first kappa shape index (κ1) is 15.4. The summed E-state index contributed by atoms with van der Waals surface area (Å²) in [5.41, 5.74) is -0.217. The van der Waals surface area contributed by atoms with E-state index in [1.165, 1.54) is 6.42 Å². The molecule has 4 heteroatoms. The fourth-order valence-corrected chi connectivity index (χ4v) is 2.32. The second-order valence-electron chi connectivity index (χ2n) is 5.68. The van der Waals surface area contributed by atoms with Gasteiger partial charge in [-0.2, -0.15) is 0 Å². The van der Waals surface area contributed by atoms with Crippen molar-refractivity contribution >= 4 is 5.91 Å². The number of carbonyl (C=O) groups excluding carboxylic acids is 1. The highest BCUT2D eigenvalue weighted by Crippen LogP contribution is 2.11. The molecule has 0 bridgehead atoms. The second kappa shape index (κ2) is 7.10. The van der Waals surface area contributed by atoms with Crippen LogP contribution in [-0.2, 0) is 9.53 Å². The van der Waals surface area contributed by atoms with Gasteiger partial charge in [-0.1, -0.05) is 0 Å². The van der Waals surface area contributed by atoms with Gasteiger partial charge in [-0.15, -0.1) is 0 Å². The molecule has 0 spiro atoms. The van der Waals surface area contributed by atoms with Crippen LogP contribution in [0.1, 0.15) is 47.0 Å². The molecule has 1 fully saturated rings. The van der Waals surface area contributed by atoms with Crippen LogP contribution in [0, 0.1) is 0 Å². The molecule has 1 saturated heterocycles. The highest BCUT2D eigenvalue weighted by Gasteiger charge is 2.24. The quantitative estimate of drug-likeness (QED) is 0.788. The summed E-state index contributed by atoms with van der Waals surface area (Å²) in [5.74, 6) is 0.224. The van der Waals surface area contributed by atoms with Gasteiger partial charge in [-0.3, -0.25) is 4.79 Å². The van der Waals surface area contributed by atoms with Gasteiger partial charge in [0.15, 0.2) is 0 Å². The Morgan fingerprint density at radius 1 is 1.33 bits per heavy atom. The molecule has 0 aromatic rings. The van der Waals surface area contributed by atoms with E-state index in [0.717, 1.165) is 25.9 Å². The lowest BCUT2D eigenvalue weighted by Gasteiger charge is -2.31. The smallest absolute Gasteiger partial charge is 0.239 e. The zero-order chi connectivity index (χ0) is 13.6. The zero-order valence-electron chi connectivity index (χ0n) is 12.3. The van der Waals surface area contributed by atoms with E-state index in [0.29, 0.717) is 13.2 Å². The Balaban J connectivity index is 2.35. The van der Waals surface area contributed by atoms with Crippen molar-refractivity contribution in [2.75, 3.05) is 26.2 Å². The standard InChI is InChI=1S/C14H28N2O2/c1-5-18-14(3,4)11-15-12(2)13(17)16-9-7-6-8-10-16/h12,15H,5-11H2,1-4H3. The summed E-state index contributed by atoms with van der Waals surface area (Å²) in [6.45, 7) is 11.2. The van der Waals surface area contributed by atoms with Gasteiger partial charge in [-0.25, -0.2) is 0 Å². The average molecular weight is 256 g/mol. The number of carbonyl (C=O) groups is 1. The Bertz CT molecular complexity index is 261. The predicted molar refractivity (Wildman–Crippen MR) is 73.6 cm³/mol. The summed E-state index contributed by atoms with van der Waals surface area (Å²) in [6, 6.07) is -0.122. The largest absolute Gasteiger partial charge is 0.375 e. The number of piperidine rings is 1.